The monoisotopic (exact) mass is 261 g/mol. The summed E-state index contributed by atoms with van der Waals surface area (Å²) < 4.78 is 5.44. The summed E-state index contributed by atoms with van der Waals surface area (Å²) in [7, 11) is 0. The first-order valence-corrected chi connectivity index (χ1v) is 6.66. The highest BCUT2D eigenvalue weighted by molar-refractivity contribution is 5.98. The van der Waals surface area contributed by atoms with E-state index in [1.54, 1.807) is 17.0 Å². The molecule has 0 unspecified atom stereocenters. The molecular formula is C14H19N3O2. The second-order valence-corrected chi connectivity index (χ2v) is 5.55. The van der Waals surface area contributed by atoms with Crippen molar-refractivity contribution in [3.8, 4) is 5.75 Å². The van der Waals surface area contributed by atoms with Gasteiger partial charge in [-0.15, -0.1) is 0 Å². The van der Waals surface area contributed by atoms with Crippen molar-refractivity contribution in [3.05, 3.63) is 18.2 Å². The predicted molar refractivity (Wildman–Crippen MR) is 74.0 cm³/mol. The molecule has 0 spiro atoms. The number of rotatable bonds is 3. The van der Waals surface area contributed by atoms with Crippen molar-refractivity contribution >= 4 is 17.3 Å². The summed E-state index contributed by atoms with van der Waals surface area (Å²) in [6, 6.07) is 5.41. The number of carbonyl (C=O) groups is 1. The van der Waals surface area contributed by atoms with Crippen LogP contribution in [0.2, 0.25) is 0 Å². The van der Waals surface area contributed by atoms with Crippen LogP contribution in [0.4, 0.5) is 11.4 Å². The number of hydrogen-bond donors (Lipinski definition) is 2. The van der Waals surface area contributed by atoms with Crippen LogP contribution in [0.5, 0.6) is 5.75 Å². The van der Waals surface area contributed by atoms with Gasteiger partial charge in [0, 0.05) is 17.6 Å². The van der Waals surface area contributed by atoms with Gasteiger partial charge in [-0.3, -0.25) is 4.79 Å². The first kappa shape index (κ1) is 12.3. The maximum absolute atomic E-state index is 12.1. The number of fused-ring (bicyclic) bond motifs is 1. The minimum atomic E-state index is -0.0159. The van der Waals surface area contributed by atoms with Gasteiger partial charge < -0.3 is 21.1 Å². The number of carbonyl (C=O) groups excluding carboxylic acids is 1. The Morgan fingerprint density at radius 1 is 1.37 bits per heavy atom. The molecule has 3 rings (SSSR count). The van der Waals surface area contributed by atoms with E-state index in [-0.39, 0.29) is 17.9 Å². The van der Waals surface area contributed by atoms with Crippen LogP contribution < -0.4 is 21.1 Å². The highest BCUT2D eigenvalue weighted by Crippen LogP contribution is 2.43. The molecule has 1 saturated carbocycles. The molecule has 0 aromatic heterocycles. The molecule has 102 valence electrons. The van der Waals surface area contributed by atoms with E-state index >= 15 is 0 Å². The lowest BCUT2D eigenvalue weighted by molar-refractivity contribution is -0.121. The molecule has 1 heterocycles. The molecule has 1 fully saturated rings. The minimum absolute atomic E-state index is 0.0159. The fourth-order valence-corrected chi connectivity index (χ4v) is 2.83. The van der Waals surface area contributed by atoms with Gasteiger partial charge in [-0.25, -0.2) is 0 Å². The molecule has 0 atom stereocenters. The Labute approximate surface area is 112 Å². The Balaban J connectivity index is 1.92. The molecule has 2 aliphatic rings. The van der Waals surface area contributed by atoms with Crippen molar-refractivity contribution in [1.29, 1.82) is 0 Å². The Kier molecular flexibility index (Phi) is 2.86. The normalized spacial score (nSPS) is 20.5. The molecule has 0 radical (unpaired) electrons. The number of nitrogen functional groups attached to an aromatic ring is 1. The van der Waals surface area contributed by atoms with Crippen molar-refractivity contribution < 1.29 is 9.53 Å². The molecule has 5 nitrogen and oxygen atoms in total. The maximum Gasteiger partial charge on any atom is 0.265 e. The third-order valence-electron chi connectivity index (χ3n) is 4.27. The molecule has 1 aromatic rings. The minimum Gasteiger partial charge on any atom is -0.482 e. The molecule has 19 heavy (non-hydrogen) atoms. The topological polar surface area (TPSA) is 81.6 Å². The number of nitrogens with zero attached hydrogens (tertiary/aromatic N) is 1. The SMILES string of the molecule is NCC1(CN2C(=O)COc3ccc(N)cc32)CCC1. The zero-order chi connectivity index (χ0) is 13.5. The largest absolute Gasteiger partial charge is 0.482 e. The molecule has 1 aromatic carbocycles. The average Bonchev–Trinajstić information content (AvgIpc) is 2.36. The van der Waals surface area contributed by atoms with Crippen molar-refractivity contribution in [2.24, 2.45) is 11.1 Å². The number of ether oxygens (including phenoxy) is 1. The Hall–Kier alpha value is -1.75. The summed E-state index contributed by atoms with van der Waals surface area (Å²) in [5.41, 5.74) is 13.2. The summed E-state index contributed by atoms with van der Waals surface area (Å²) in [4.78, 5) is 13.9. The lowest BCUT2D eigenvalue weighted by Gasteiger charge is -2.45. The van der Waals surface area contributed by atoms with Gasteiger partial charge in [-0.05, 0) is 37.6 Å². The Bertz CT molecular complexity index is 506. The lowest BCUT2D eigenvalue weighted by atomic mass is 9.68. The van der Waals surface area contributed by atoms with Crippen molar-refractivity contribution in [2.75, 3.05) is 30.3 Å². The van der Waals surface area contributed by atoms with E-state index in [1.165, 1.54) is 6.42 Å². The third-order valence-corrected chi connectivity index (χ3v) is 4.27. The van der Waals surface area contributed by atoms with E-state index in [1.807, 2.05) is 6.07 Å². The van der Waals surface area contributed by atoms with Crippen LogP contribution in [0, 0.1) is 5.41 Å². The fourth-order valence-electron chi connectivity index (χ4n) is 2.83. The average molecular weight is 261 g/mol. The van der Waals surface area contributed by atoms with Crippen LogP contribution in [0.3, 0.4) is 0 Å². The quantitative estimate of drug-likeness (QED) is 0.799. The van der Waals surface area contributed by atoms with E-state index in [9.17, 15) is 4.79 Å². The molecule has 5 heteroatoms. The highest BCUT2D eigenvalue weighted by atomic mass is 16.5. The fraction of sp³-hybridized carbons (Fsp3) is 0.500. The van der Waals surface area contributed by atoms with Crippen molar-refractivity contribution in [2.45, 2.75) is 19.3 Å². The number of benzene rings is 1. The Morgan fingerprint density at radius 2 is 2.16 bits per heavy atom. The first-order chi connectivity index (χ1) is 9.13. The second-order valence-electron chi connectivity index (χ2n) is 5.55. The molecule has 1 aliphatic heterocycles. The summed E-state index contributed by atoms with van der Waals surface area (Å²) in [6.07, 6.45) is 3.37. The molecular weight excluding hydrogens is 242 g/mol. The van der Waals surface area contributed by atoms with E-state index in [0.717, 1.165) is 24.3 Å². The van der Waals surface area contributed by atoms with Gasteiger partial charge >= 0.3 is 0 Å². The van der Waals surface area contributed by atoms with Gasteiger partial charge in [0.2, 0.25) is 0 Å². The summed E-state index contributed by atoms with van der Waals surface area (Å²) in [5, 5.41) is 0. The molecule has 1 amide bonds. The van der Waals surface area contributed by atoms with E-state index < -0.39 is 0 Å². The highest BCUT2D eigenvalue weighted by Gasteiger charge is 2.40. The first-order valence-electron chi connectivity index (χ1n) is 6.66. The molecule has 1 aliphatic carbocycles. The number of amides is 1. The summed E-state index contributed by atoms with van der Waals surface area (Å²) in [6.45, 7) is 1.38. The lowest BCUT2D eigenvalue weighted by Crippen LogP contribution is -2.51. The zero-order valence-electron chi connectivity index (χ0n) is 10.9. The van der Waals surface area contributed by atoms with Crippen LogP contribution in [0.15, 0.2) is 18.2 Å². The molecule has 4 N–H and O–H groups in total. The van der Waals surface area contributed by atoms with Crippen molar-refractivity contribution in [3.63, 3.8) is 0 Å². The van der Waals surface area contributed by atoms with Gasteiger partial charge in [0.25, 0.3) is 5.91 Å². The van der Waals surface area contributed by atoms with Crippen LogP contribution in [-0.2, 0) is 4.79 Å². The third kappa shape index (κ3) is 2.04. The van der Waals surface area contributed by atoms with Gasteiger partial charge in [0.15, 0.2) is 6.61 Å². The van der Waals surface area contributed by atoms with E-state index in [4.69, 9.17) is 16.2 Å². The van der Waals surface area contributed by atoms with Crippen LogP contribution in [0.1, 0.15) is 19.3 Å². The Morgan fingerprint density at radius 3 is 2.79 bits per heavy atom. The number of nitrogens with two attached hydrogens (primary N) is 2. The standard InChI is InChI=1S/C14H19N3O2/c15-8-14(4-1-5-14)9-17-11-6-10(16)2-3-12(11)19-7-13(17)18/h2-3,6H,1,4-5,7-9,15-16H2. The summed E-state index contributed by atoms with van der Waals surface area (Å²) in [5.74, 6) is 0.707. The number of hydrogen-bond acceptors (Lipinski definition) is 4. The smallest absolute Gasteiger partial charge is 0.265 e. The van der Waals surface area contributed by atoms with Gasteiger partial charge in [-0.1, -0.05) is 6.42 Å². The number of anilines is 2. The maximum atomic E-state index is 12.1. The summed E-state index contributed by atoms with van der Waals surface area (Å²) >= 11 is 0. The van der Waals surface area contributed by atoms with Gasteiger partial charge in [0.1, 0.15) is 5.75 Å². The van der Waals surface area contributed by atoms with E-state index in [0.29, 0.717) is 18.8 Å². The predicted octanol–water partition coefficient (Wildman–Crippen LogP) is 1.12. The van der Waals surface area contributed by atoms with Crippen LogP contribution >= 0.6 is 0 Å². The zero-order valence-corrected chi connectivity index (χ0v) is 10.9. The van der Waals surface area contributed by atoms with Crippen LogP contribution in [0.25, 0.3) is 0 Å². The molecule has 0 saturated heterocycles. The second kappa shape index (κ2) is 4.42. The van der Waals surface area contributed by atoms with Crippen molar-refractivity contribution in [1.82, 2.24) is 0 Å². The van der Waals surface area contributed by atoms with E-state index in [2.05, 4.69) is 0 Å². The van der Waals surface area contributed by atoms with Gasteiger partial charge in [-0.2, -0.15) is 0 Å². The van der Waals surface area contributed by atoms with Gasteiger partial charge in [0.05, 0.1) is 5.69 Å². The molecule has 0 bridgehead atoms. The van der Waals surface area contributed by atoms with Crippen LogP contribution in [-0.4, -0.2) is 25.6 Å².